The fraction of sp³-hybridized carbons (Fsp3) is 1.00. The van der Waals surface area contributed by atoms with Gasteiger partial charge in [0.1, 0.15) is 0 Å². The number of rotatable bonds is 5. The van der Waals surface area contributed by atoms with Gasteiger partial charge in [0.2, 0.25) is 0 Å². The van der Waals surface area contributed by atoms with E-state index in [1.54, 1.807) is 0 Å². The SMILES string of the molecule is CCC1CCC(CN)(CCOC(C)(C)C)C1. The zero-order chi connectivity index (χ0) is 12.2. The first kappa shape index (κ1) is 14.0. The summed E-state index contributed by atoms with van der Waals surface area (Å²) in [7, 11) is 0. The second-order valence-electron chi connectivity index (χ2n) is 6.43. The molecule has 1 aliphatic rings. The third kappa shape index (κ3) is 4.06. The van der Waals surface area contributed by atoms with E-state index in [-0.39, 0.29) is 5.60 Å². The largest absolute Gasteiger partial charge is 0.376 e. The Labute approximate surface area is 101 Å². The highest BCUT2D eigenvalue weighted by atomic mass is 16.5. The summed E-state index contributed by atoms with van der Waals surface area (Å²) < 4.78 is 5.83. The lowest BCUT2D eigenvalue weighted by Crippen LogP contribution is -2.31. The van der Waals surface area contributed by atoms with E-state index in [4.69, 9.17) is 10.5 Å². The van der Waals surface area contributed by atoms with Gasteiger partial charge in [-0.3, -0.25) is 0 Å². The minimum absolute atomic E-state index is 0.0153. The molecule has 2 atom stereocenters. The minimum Gasteiger partial charge on any atom is -0.376 e. The summed E-state index contributed by atoms with van der Waals surface area (Å²) in [5.74, 6) is 0.901. The molecule has 1 aliphatic carbocycles. The second kappa shape index (κ2) is 5.50. The van der Waals surface area contributed by atoms with Crippen molar-refractivity contribution in [3.8, 4) is 0 Å². The van der Waals surface area contributed by atoms with E-state index >= 15 is 0 Å². The van der Waals surface area contributed by atoms with Crippen molar-refractivity contribution in [2.75, 3.05) is 13.2 Å². The van der Waals surface area contributed by atoms with Crippen molar-refractivity contribution in [1.29, 1.82) is 0 Å². The minimum atomic E-state index is -0.0153. The first-order valence-corrected chi connectivity index (χ1v) is 6.75. The fourth-order valence-corrected chi connectivity index (χ4v) is 2.76. The third-order valence-corrected chi connectivity index (χ3v) is 3.98. The Morgan fingerprint density at radius 2 is 2.06 bits per heavy atom. The van der Waals surface area contributed by atoms with Crippen molar-refractivity contribution in [3.63, 3.8) is 0 Å². The molecule has 1 rings (SSSR count). The van der Waals surface area contributed by atoms with Crippen LogP contribution >= 0.6 is 0 Å². The van der Waals surface area contributed by atoms with Crippen LogP contribution in [-0.2, 0) is 4.74 Å². The molecule has 1 saturated carbocycles. The van der Waals surface area contributed by atoms with Crippen LogP contribution in [0.3, 0.4) is 0 Å². The zero-order valence-electron chi connectivity index (χ0n) is 11.5. The summed E-state index contributed by atoms with van der Waals surface area (Å²) in [5.41, 5.74) is 6.35. The van der Waals surface area contributed by atoms with Crippen molar-refractivity contribution in [2.24, 2.45) is 17.1 Å². The topological polar surface area (TPSA) is 35.2 Å². The molecular weight excluding hydrogens is 198 g/mol. The monoisotopic (exact) mass is 227 g/mol. The Bertz CT molecular complexity index is 209. The van der Waals surface area contributed by atoms with Gasteiger partial charge < -0.3 is 10.5 Å². The van der Waals surface area contributed by atoms with Crippen LogP contribution in [0.15, 0.2) is 0 Å². The summed E-state index contributed by atoms with van der Waals surface area (Å²) in [4.78, 5) is 0. The van der Waals surface area contributed by atoms with Crippen LogP contribution < -0.4 is 5.73 Å². The molecule has 1 fully saturated rings. The van der Waals surface area contributed by atoms with Crippen molar-refractivity contribution < 1.29 is 4.74 Å². The van der Waals surface area contributed by atoms with Gasteiger partial charge in [-0.25, -0.2) is 0 Å². The van der Waals surface area contributed by atoms with E-state index in [1.165, 1.54) is 25.7 Å². The molecule has 2 nitrogen and oxygen atoms in total. The maximum absolute atomic E-state index is 5.98. The van der Waals surface area contributed by atoms with Crippen LogP contribution in [0.2, 0.25) is 0 Å². The van der Waals surface area contributed by atoms with Gasteiger partial charge in [0.15, 0.2) is 0 Å². The van der Waals surface area contributed by atoms with E-state index in [0.29, 0.717) is 5.41 Å². The zero-order valence-corrected chi connectivity index (χ0v) is 11.5. The first-order chi connectivity index (χ1) is 7.41. The molecule has 0 spiro atoms. The molecule has 2 heteroatoms. The normalized spacial score (nSPS) is 30.9. The Hall–Kier alpha value is -0.0800. The summed E-state index contributed by atoms with van der Waals surface area (Å²) >= 11 is 0. The molecule has 16 heavy (non-hydrogen) atoms. The Morgan fingerprint density at radius 1 is 1.38 bits per heavy atom. The fourth-order valence-electron chi connectivity index (χ4n) is 2.76. The van der Waals surface area contributed by atoms with Crippen LogP contribution in [0.1, 0.15) is 59.8 Å². The van der Waals surface area contributed by atoms with Crippen molar-refractivity contribution >= 4 is 0 Å². The summed E-state index contributed by atoms with van der Waals surface area (Å²) in [5, 5.41) is 0. The molecule has 0 saturated heterocycles. The molecule has 2 unspecified atom stereocenters. The smallest absolute Gasteiger partial charge is 0.0598 e. The van der Waals surface area contributed by atoms with Crippen LogP contribution in [0.5, 0.6) is 0 Å². The Kier molecular flexibility index (Phi) is 4.81. The van der Waals surface area contributed by atoms with Crippen molar-refractivity contribution in [2.45, 2.75) is 65.4 Å². The van der Waals surface area contributed by atoms with Gasteiger partial charge in [0, 0.05) is 6.61 Å². The summed E-state index contributed by atoms with van der Waals surface area (Å²) in [6, 6.07) is 0. The maximum atomic E-state index is 5.98. The molecule has 0 aromatic heterocycles. The highest BCUT2D eigenvalue weighted by Crippen LogP contribution is 2.44. The highest BCUT2D eigenvalue weighted by Gasteiger charge is 2.37. The van der Waals surface area contributed by atoms with Gasteiger partial charge in [0.05, 0.1) is 5.60 Å². The van der Waals surface area contributed by atoms with Gasteiger partial charge >= 0.3 is 0 Å². The molecule has 96 valence electrons. The molecule has 0 heterocycles. The lowest BCUT2D eigenvalue weighted by Gasteiger charge is -2.29. The van der Waals surface area contributed by atoms with Gasteiger partial charge in [-0.15, -0.1) is 0 Å². The summed E-state index contributed by atoms with van der Waals surface area (Å²) in [6.07, 6.45) is 6.42. The Balaban J connectivity index is 2.38. The molecule has 0 bridgehead atoms. The Morgan fingerprint density at radius 3 is 2.50 bits per heavy atom. The molecule has 0 aromatic carbocycles. The average Bonchev–Trinajstić information content (AvgIpc) is 2.60. The highest BCUT2D eigenvalue weighted by molar-refractivity contribution is 4.89. The van der Waals surface area contributed by atoms with Crippen LogP contribution in [0, 0.1) is 11.3 Å². The van der Waals surface area contributed by atoms with E-state index in [0.717, 1.165) is 25.5 Å². The van der Waals surface area contributed by atoms with E-state index in [2.05, 4.69) is 27.7 Å². The van der Waals surface area contributed by atoms with Crippen LogP contribution in [0.25, 0.3) is 0 Å². The lowest BCUT2D eigenvalue weighted by atomic mass is 9.82. The molecule has 0 aromatic rings. The quantitative estimate of drug-likeness (QED) is 0.781. The maximum Gasteiger partial charge on any atom is 0.0598 e. The molecule has 0 amide bonds. The summed E-state index contributed by atoms with van der Waals surface area (Å²) in [6.45, 7) is 10.3. The molecule has 0 aliphatic heterocycles. The number of nitrogens with two attached hydrogens (primary N) is 1. The predicted octanol–water partition coefficient (Wildman–Crippen LogP) is 3.35. The van der Waals surface area contributed by atoms with Crippen molar-refractivity contribution in [3.05, 3.63) is 0 Å². The number of ether oxygens (including phenoxy) is 1. The van der Waals surface area contributed by atoms with E-state index < -0.39 is 0 Å². The standard InChI is InChI=1S/C14H29NO/c1-5-12-6-7-14(10-12,11-15)8-9-16-13(2,3)4/h12H,5-11,15H2,1-4H3. The number of hydrogen-bond donors (Lipinski definition) is 1. The van der Waals surface area contributed by atoms with Gasteiger partial charge in [-0.2, -0.15) is 0 Å². The second-order valence-corrected chi connectivity index (χ2v) is 6.43. The third-order valence-electron chi connectivity index (χ3n) is 3.98. The van der Waals surface area contributed by atoms with Crippen LogP contribution in [-0.4, -0.2) is 18.8 Å². The number of hydrogen-bond acceptors (Lipinski definition) is 2. The van der Waals surface area contributed by atoms with Gasteiger partial charge in [-0.05, 0) is 64.3 Å². The van der Waals surface area contributed by atoms with Gasteiger partial charge in [0.25, 0.3) is 0 Å². The molecular formula is C14H29NO. The predicted molar refractivity (Wildman–Crippen MR) is 69.4 cm³/mol. The van der Waals surface area contributed by atoms with E-state index in [9.17, 15) is 0 Å². The average molecular weight is 227 g/mol. The molecule has 0 radical (unpaired) electrons. The van der Waals surface area contributed by atoms with Crippen LogP contribution in [0.4, 0.5) is 0 Å². The van der Waals surface area contributed by atoms with Gasteiger partial charge in [-0.1, -0.05) is 13.3 Å². The molecule has 2 N–H and O–H groups in total. The lowest BCUT2D eigenvalue weighted by molar-refractivity contribution is -0.0179. The van der Waals surface area contributed by atoms with E-state index in [1.807, 2.05) is 0 Å². The van der Waals surface area contributed by atoms with Crippen molar-refractivity contribution in [1.82, 2.24) is 0 Å². The first-order valence-electron chi connectivity index (χ1n) is 6.75.